The molecule has 1 aromatic rings. The normalized spacial score (nSPS) is 11.8. The number of nitrogens with one attached hydrogen (secondary N) is 1. The molecule has 0 spiro atoms. The van der Waals surface area contributed by atoms with E-state index in [9.17, 15) is 5.11 Å². The maximum Gasteiger partial charge on any atom is 0.0766 e. The van der Waals surface area contributed by atoms with Gasteiger partial charge in [0, 0.05) is 13.1 Å². The molecule has 0 amide bonds. The average Bonchev–Trinajstić information content (AvgIpc) is 2.39. The summed E-state index contributed by atoms with van der Waals surface area (Å²) in [4.78, 5) is 0. The first-order valence-corrected chi connectivity index (χ1v) is 6.25. The molecule has 0 saturated heterocycles. The van der Waals surface area contributed by atoms with Crippen molar-refractivity contribution < 1.29 is 10.2 Å². The van der Waals surface area contributed by atoms with Crippen molar-refractivity contribution >= 4 is 0 Å². The molecule has 0 bridgehead atoms. The number of aliphatic hydroxyl groups excluding tert-OH is 1. The molecule has 3 heteroatoms. The van der Waals surface area contributed by atoms with E-state index < -0.39 is 5.60 Å². The van der Waals surface area contributed by atoms with Gasteiger partial charge in [0.15, 0.2) is 0 Å². The molecule has 17 heavy (non-hydrogen) atoms. The number of hydrogen-bond acceptors (Lipinski definition) is 3. The van der Waals surface area contributed by atoms with Crippen LogP contribution in [0.2, 0.25) is 0 Å². The van der Waals surface area contributed by atoms with Gasteiger partial charge in [-0.1, -0.05) is 38.1 Å². The molecule has 0 radical (unpaired) electrons. The number of benzene rings is 1. The van der Waals surface area contributed by atoms with Gasteiger partial charge >= 0.3 is 0 Å². The fraction of sp³-hybridized carbons (Fsp3) is 0.571. The first-order valence-electron chi connectivity index (χ1n) is 6.25. The molecule has 1 rings (SSSR count). The quantitative estimate of drug-likeness (QED) is 0.678. The van der Waals surface area contributed by atoms with Crippen LogP contribution in [0.1, 0.15) is 37.8 Å². The minimum Gasteiger partial charge on any atom is -0.392 e. The van der Waals surface area contributed by atoms with Crippen LogP contribution in [0, 0.1) is 0 Å². The van der Waals surface area contributed by atoms with Gasteiger partial charge < -0.3 is 15.5 Å². The number of aliphatic hydroxyl groups is 2. The van der Waals surface area contributed by atoms with E-state index in [1.165, 1.54) is 0 Å². The van der Waals surface area contributed by atoms with Gasteiger partial charge in [0.25, 0.3) is 0 Å². The van der Waals surface area contributed by atoms with Gasteiger partial charge in [0.2, 0.25) is 0 Å². The number of rotatable bonds is 7. The minimum absolute atomic E-state index is 0.0711. The van der Waals surface area contributed by atoms with Gasteiger partial charge in [-0.15, -0.1) is 0 Å². The first-order chi connectivity index (χ1) is 8.13. The van der Waals surface area contributed by atoms with Crippen molar-refractivity contribution in [1.82, 2.24) is 5.32 Å². The van der Waals surface area contributed by atoms with Crippen LogP contribution >= 0.6 is 0 Å². The Labute approximate surface area is 103 Å². The summed E-state index contributed by atoms with van der Waals surface area (Å²) in [5, 5.41) is 22.4. The summed E-state index contributed by atoms with van der Waals surface area (Å²) in [5.74, 6) is 0. The molecule has 0 aliphatic rings. The van der Waals surface area contributed by atoms with E-state index in [1.807, 2.05) is 38.1 Å². The first kappa shape index (κ1) is 14.2. The van der Waals surface area contributed by atoms with E-state index >= 15 is 0 Å². The molecule has 0 unspecified atom stereocenters. The molecule has 0 saturated carbocycles. The van der Waals surface area contributed by atoms with Crippen LogP contribution in [0.4, 0.5) is 0 Å². The Morgan fingerprint density at radius 3 is 2.41 bits per heavy atom. The lowest BCUT2D eigenvalue weighted by Gasteiger charge is -2.25. The third-order valence-electron chi connectivity index (χ3n) is 3.27. The summed E-state index contributed by atoms with van der Waals surface area (Å²) in [7, 11) is 0. The molecule has 0 atom stereocenters. The Kier molecular flexibility index (Phi) is 5.62. The lowest BCUT2D eigenvalue weighted by molar-refractivity contribution is 0.0323. The molecule has 3 nitrogen and oxygen atoms in total. The predicted molar refractivity (Wildman–Crippen MR) is 69.6 cm³/mol. The fourth-order valence-electron chi connectivity index (χ4n) is 1.78. The SMILES string of the molecule is CCC(O)(CC)CNCc1cccc(CO)c1. The van der Waals surface area contributed by atoms with E-state index in [1.54, 1.807) is 0 Å². The van der Waals surface area contributed by atoms with E-state index in [2.05, 4.69) is 5.32 Å². The van der Waals surface area contributed by atoms with Crippen LogP contribution < -0.4 is 5.32 Å². The largest absolute Gasteiger partial charge is 0.392 e. The molecule has 0 fully saturated rings. The lowest BCUT2D eigenvalue weighted by atomic mass is 9.97. The Balaban J connectivity index is 2.45. The number of hydrogen-bond donors (Lipinski definition) is 3. The van der Waals surface area contributed by atoms with Crippen molar-refractivity contribution in [3.63, 3.8) is 0 Å². The Bertz CT molecular complexity index is 335. The molecule has 0 aromatic heterocycles. The summed E-state index contributed by atoms with van der Waals surface area (Å²) in [6.45, 7) is 5.39. The molecule has 0 heterocycles. The monoisotopic (exact) mass is 237 g/mol. The van der Waals surface area contributed by atoms with Crippen molar-refractivity contribution in [2.24, 2.45) is 0 Å². The van der Waals surface area contributed by atoms with Crippen molar-refractivity contribution in [1.29, 1.82) is 0 Å². The van der Waals surface area contributed by atoms with Gasteiger partial charge in [-0.05, 0) is 24.0 Å². The van der Waals surface area contributed by atoms with Crippen LogP contribution in [0.15, 0.2) is 24.3 Å². The summed E-state index contributed by atoms with van der Waals surface area (Å²) in [6.07, 6.45) is 1.51. The van der Waals surface area contributed by atoms with Crippen LogP contribution in [-0.2, 0) is 13.2 Å². The standard InChI is InChI=1S/C14H23NO2/c1-3-14(17,4-2)11-15-9-12-6-5-7-13(8-12)10-16/h5-8,15-17H,3-4,9-11H2,1-2H3. The molecule has 1 aromatic carbocycles. The smallest absolute Gasteiger partial charge is 0.0766 e. The topological polar surface area (TPSA) is 52.5 Å². The molecule has 0 aliphatic heterocycles. The zero-order chi connectivity index (χ0) is 12.7. The molecule has 96 valence electrons. The van der Waals surface area contributed by atoms with E-state index in [4.69, 9.17) is 5.11 Å². The third-order valence-corrected chi connectivity index (χ3v) is 3.27. The van der Waals surface area contributed by atoms with Crippen molar-refractivity contribution in [3.05, 3.63) is 35.4 Å². The Hall–Kier alpha value is -0.900. The highest BCUT2D eigenvalue weighted by atomic mass is 16.3. The van der Waals surface area contributed by atoms with E-state index in [0.29, 0.717) is 6.54 Å². The van der Waals surface area contributed by atoms with Gasteiger partial charge in [-0.25, -0.2) is 0 Å². The highest BCUT2D eigenvalue weighted by molar-refractivity contribution is 5.22. The maximum absolute atomic E-state index is 10.1. The second kappa shape index (κ2) is 6.74. The van der Waals surface area contributed by atoms with Crippen LogP contribution in [0.3, 0.4) is 0 Å². The van der Waals surface area contributed by atoms with E-state index in [-0.39, 0.29) is 6.61 Å². The average molecular weight is 237 g/mol. The molecule has 3 N–H and O–H groups in total. The summed E-state index contributed by atoms with van der Waals surface area (Å²) in [6, 6.07) is 7.83. The van der Waals surface area contributed by atoms with Crippen LogP contribution in [-0.4, -0.2) is 22.4 Å². The fourth-order valence-corrected chi connectivity index (χ4v) is 1.78. The molecule has 0 aliphatic carbocycles. The lowest BCUT2D eigenvalue weighted by Crippen LogP contribution is -2.39. The Morgan fingerprint density at radius 2 is 1.82 bits per heavy atom. The predicted octanol–water partition coefficient (Wildman–Crippen LogP) is 1.82. The molecular formula is C14H23NO2. The maximum atomic E-state index is 10.1. The summed E-state index contributed by atoms with van der Waals surface area (Å²) >= 11 is 0. The van der Waals surface area contributed by atoms with E-state index in [0.717, 1.165) is 30.5 Å². The highest BCUT2D eigenvalue weighted by Crippen LogP contribution is 2.13. The van der Waals surface area contributed by atoms with Crippen LogP contribution in [0.5, 0.6) is 0 Å². The van der Waals surface area contributed by atoms with Gasteiger partial charge in [-0.3, -0.25) is 0 Å². The van der Waals surface area contributed by atoms with Crippen molar-refractivity contribution in [2.45, 2.75) is 45.4 Å². The summed E-state index contributed by atoms with van der Waals surface area (Å²) < 4.78 is 0. The second-order valence-corrected chi connectivity index (χ2v) is 4.51. The van der Waals surface area contributed by atoms with Crippen molar-refractivity contribution in [3.8, 4) is 0 Å². The highest BCUT2D eigenvalue weighted by Gasteiger charge is 2.20. The van der Waals surface area contributed by atoms with Crippen LogP contribution in [0.25, 0.3) is 0 Å². The third kappa shape index (κ3) is 4.46. The zero-order valence-corrected chi connectivity index (χ0v) is 10.7. The second-order valence-electron chi connectivity index (χ2n) is 4.51. The van der Waals surface area contributed by atoms with Gasteiger partial charge in [0.05, 0.1) is 12.2 Å². The van der Waals surface area contributed by atoms with Crippen molar-refractivity contribution in [2.75, 3.05) is 6.54 Å². The zero-order valence-electron chi connectivity index (χ0n) is 10.7. The minimum atomic E-state index is -0.603. The molecular weight excluding hydrogens is 214 g/mol. The van der Waals surface area contributed by atoms with Gasteiger partial charge in [-0.2, -0.15) is 0 Å². The van der Waals surface area contributed by atoms with Gasteiger partial charge in [0.1, 0.15) is 0 Å². The summed E-state index contributed by atoms with van der Waals surface area (Å²) in [5.41, 5.74) is 1.45. The Morgan fingerprint density at radius 1 is 1.18 bits per heavy atom.